The van der Waals surface area contributed by atoms with Gasteiger partial charge in [0, 0.05) is 42.5 Å². The van der Waals surface area contributed by atoms with Gasteiger partial charge in [0.25, 0.3) is 5.91 Å². The molecule has 0 unspecified atom stereocenters. The Bertz CT molecular complexity index is 1060. The van der Waals surface area contributed by atoms with Crippen LogP contribution in [0.1, 0.15) is 15.9 Å². The van der Waals surface area contributed by atoms with Crippen molar-refractivity contribution in [1.82, 2.24) is 24.6 Å². The number of aromatic nitrogens is 3. The molecule has 4 rings (SSSR count). The van der Waals surface area contributed by atoms with Gasteiger partial charge in [0.2, 0.25) is 5.91 Å². The number of hydrogen-bond acceptors (Lipinski definition) is 5. The third kappa shape index (κ3) is 5.08. The predicted molar refractivity (Wildman–Crippen MR) is 121 cm³/mol. The highest BCUT2D eigenvalue weighted by Gasteiger charge is 2.25. The fourth-order valence-electron chi connectivity index (χ4n) is 3.36. The lowest BCUT2D eigenvalue weighted by Gasteiger charge is -2.34. The Balaban J connectivity index is 1.30. The van der Waals surface area contributed by atoms with Gasteiger partial charge in [-0.15, -0.1) is 10.2 Å². The van der Waals surface area contributed by atoms with Crippen molar-refractivity contribution in [1.29, 1.82) is 0 Å². The molecule has 7 nitrogen and oxygen atoms in total. The molecule has 31 heavy (non-hydrogen) atoms. The molecule has 2 aromatic carbocycles. The van der Waals surface area contributed by atoms with Crippen LogP contribution in [0.25, 0.3) is 5.69 Å². The highest BCUT2D eigenvalue weighted by molar-refractivity contribution is 7.99. The monoisotopic (exact) mass is 455 g/mol. The van der Waals surface area contributed by atoms with Gasteiger partial charge in [0.15, 0.2) is 5.16 Å². The summed E-state index contributed by atoms with van der Waals surface area (Å²) in [5.41, 5.74) is 2.74. The number of benzene rings is 2. The van der Waals surface area contributed by atoms with E-state index in [1.807, 2.05) is 35.8 Å². The molecule has 0 saturated carbocycles. The number of carbonyl (C=O) groups excluding carboxylic acids is 2. The first-order valence-electron chi connectivity index (χ1n) is 9.94. The summed E-state index contributed by atoms with van der Waals surface area (Å²) in [6, 6.07) is 14.9. The van der Waals surface area contributed by atoms with Crippen molar-refractivity contribution in [2.75, 3.05) is 31.9 Å². The van der Waals surface area contributed by atoms with Crippen molar-refractivity contribution in [3.8, 4) is 5.69 Å². The molecule has 2 amide bonds. The number of thioether (sulfide) groups is 1. The highest BCUT2D eigenvalue weighted by atomic mass is 35.5. The van der Waals surface area contributed by atoms with E-state index in [0.717, 1.165) is 5.69 Å². The van der Waals surface area contributed by atoms with Crippen LogP contribution in [0.5, 0.6) is 0 Å². The summed E-state index contributed by atoms with van der Waals surface area (Å²) in [6.07, 6.45) is 1.65. The summed E-state index contributed by atoms with van der Waals surface area (Å²) >= 11 is 7.26. The van der Waals surface area contributed by atoms with Crippen LogP contribution in [0.15, 0.2) is 60.0 Å². The number of rotatable bonds is 5. The van der Waals surface area contributed by atoms with E-state index in [2.05, 4.69) is 10.2 Å². The molecule has 0 N–H and O–H groups in total. The van der Waals surface area contributed by atoms with Gasteiger partial charge in [-0.2, -0.15) is 0 Å². The zero-order chi connectivity index (χ0) is 21.8. The average Bonchev–Trinajstić information content (AvgIpc) is 3.27. The standard InChI is InChI=1S/C22H22ClN5O2S/c1-16-2-8-19(9-3-16)28-15-24-25-22(28)31-14-20(29)26-10-12-27(13-11-26)21(30)17-4-6-18(23)7-5-17/h2-9,15H,10-14H2,1H3. The Morgan fingerprint density at radius 2 is 1.61 bits per heavy atom. The first kappa shape index (κ1) is 21.4. The second-order valence-electron chi connectivity index (χ2n) is 7.29. The van der Waals surface area contributed by atoms with Crippen LogP contribution in [0.4, 0.5) is 0 Å². The van der Waals surface area contributed by atoms with Crippen LogP contribution in [-0.2, 0) is 4.79 Å². The average molecular weight is 456 g/mol. The Morgan fingerprint density at radius 1 is 0.968 bits per heavy atom. The molecule has 1 aliphatic rings. The van der Waals surface area contributed by atoms with Crippen molar-refractivity contribution in [2.45, 2.75) is 12.1 Å². The van der Waals surface area contributed by atoms with Crippen molar-refractivity contribution >= 4 is 35.2 Å². The quantitative estimate of drug-likeness (QED) is 0.552. The number of hydrogen-bond donors (Lipinski definition) is 0. The van der Waals surface area contributed by atoms with Gasteiger partial charge in [-0.25, -0.2) is 0 Å². The summed E-state index contributed by atoms with van der Waals surface area (Å²) in [4.78, 5) is 28.9. The first-order chi connectivity index (χ1) is 15.0. The molecule has 1 aromatic heterocycles. The maximum atomic E-state index is 12.7. The van der Waals surface area contributed by atoms with Gasteiger partial charge in [0.1, 0.15) is 6.33 Å². The number of halogens is 1. The molecule has 0 spiro atoms. The minimum absolute atomic E-state index is 0.0297. The fourth-order valence-corrected chi connectivity index (χ4v) is 4.31. The second kappa shape index (κ2) is 9.53. The second-order valence-corrected chi connectivity index (χ2v) is 8.67. The Morgan fingerprint density at radius 3 is 2.29 bits per heavy atom. The molecule has 0 radical (unpaired) electrons. The molecule has 1 aliphatic heterocycles. The van der Waals surface area contributed by atoms with Gasteiger partial charge < -0.3 is 9.80 Å². The van der Waals surface area contributed by atoms with Gasteiger partial charge in [-0.1, -0.05) is 41.1 Å². The van der Waals surface area contributed by atoms with Gasteiger partial charge >= 0.3 is 0 Å². The lowest BCUT2D eigenvalue weighted by molar-refractivity contribution is -0.129. The van der Waals surface area contributed by atoms with Crippen LogP contribution in [-0.4, -0.2) is 68.3 Å². The molecule has 0 atom stereocenters. The van der Waals surface area contributed by atoms with Crippen LogP contribution in [0.3, 0.4) is 0 Å². The zero-order valence-corrected chi connectivity index (χ0v) is 18.6. The minimum Gasteiger partial charge on any atom is -0.338 e. The van der Waals surface area contributed by atoms with Crippen LogP contribution < -0.4 is 0 Å². The number of nitrogens with zero attached hydrogens (tertiary/aromatic N) is 5. The summed E-state index contributed by atoms with van der Waals surface area (Å²) < 4.78 is 1.88. The van der Waals surface area contributed by atoms with E-state index in [1.54, 1.807) is 40.4 Å². The van der Waals surface area contributed by atoms with Crippen molar-refractivity contribution in [3.63, 3.8) is 0 Å². The lowest BCUT2D eigenvalue weighted by Crippen LogP contribution is -2.51. The van der Waals surface area contributed by atoms with Crippen LogP contribution >= 0.6 is 23.4 Å². The van der Waals surface area contributed by atoms with E-state index in [9.17, 15) is 9.59 Å². The zero-order valence-electron chi connectivity index (χ0n) is 17.1. The van der Waals surface area contributed by atoms with E-state index in [0.29, 0.717) is 41.9 Å². The molecule has 1 fully saturated rings. The predicted octanol–water partition coefficient (Wildman–Crippen LogP) is 3.31. The molecular formula is C22H22ClN5O2S. The van der Waals surface area contributed by atoms with Crippen molar-refractivity contribution in [3.05, 3.63) is 71.0 Å². The van der Waals surface area contributed by atoms with E-state index in [-0.39, 0.29) is 17.6 Å². The maximum absolute atomic E-state index is 12.7. The Labute approximate surface area is 190 Å². The summed E-state index contributed by atoms with van der Waals surface area (Å²) in [6.45, 7) is 4.09. The van der Waals surface area contributed by atoms with Crippen molar-refractivity contribution in [2.24, 2.45) is 0 Å². The molecule has 2 heterocycles. The molecule has 0 aliphatic carbocycles. The topological polar surface area (TPSA) is 71.3 Å². The number of amides is 2. The van der Waals surface area contributed by atoms with Crippen molar-refractivity contribution < 1.29 is 9.59 Å². The Hall–Kier alpha value is -2.84. The van der Waals surface area contributed by atoms with Gasteiger partial charge in [-0.3, -0.25) is 14.2 Å². The number of piperazine rings is 1. The minimum atomic E-state index is -0.0376. The number of carbonyl (C=O) groups is 2. The summed E-state index contributed by atoms with van der Waals surface area (Å²) in [5, 5.41) is 9.41. The van der Waals surface area contributed by atoms with Gasteiger partial charge in [0.05, 0.1) is 5.75 Å². The molecule has 9 heteroatoms. The summed E-state index contributed by atoms with van der Waals surface area (Å²) in [7, 11) is 0. The Kier molecular flexibility index (Phi) is 6.58. The fraction of sp³-hybridized carbons (Fsp3) is 0.273. The SMILES string of the molecule is Cc1ccc(-n2cnnc2SCC(=O)N2CCN(C(=O)c3ccc(Cl)cc3)CC2)cc1. The summed E-state index contributed by atoms with van der Waals surface area (Å²) in [5.74, 6) is 0.266. The van der Waals surface area contributed by atoms with Gasteiger partial charge in [-0.05, 0) is 43.3 Å². The third-order valence-corrected chi connectivity index (χ3v) is 6.34. The van der Waals surface area contributed by atoms with E-state index < -0.39 is 0 Å². The smallest absolute Gasteiger partial charge is 0.253 e. The maximum Gasteiger partial charge on any atom is 0.253 e. The van der Waals surface area contributed by atoms with Crippen LogP contribution in [0.2, 0.25) is 5.02 Å². The highest BCUT2D eigenvalue weighted by Crippen LogP contribution is 2.21. The molecule has 160 valence electrons. The third-order valence-electron chi connectivity index (χ3n) is 5.16. The van der Waals surface area contributed by atoms with Crippen LogP contribution in [0, 0.1) is 6.92 Å². The van der Waals surface area contributed by atoms with E-state index in [4.69, 9.17) is 11.6 Å². The first-order valence-corrected chi connectivity index (χ1v) is 11.3. The normalized spacial score (nSPS) is 14.0. The van der Waals surface area contributed by atoms with E-state index >= 15 is 0 Å². The lowest BCUT2D eigenvalue weighted by atomic mass is 10.2. The molecule has 3 aromatic rings. The number of aryl methyl sites for hydroxylation is 1. The van der Waals surface area contributed by atoms with E-state index in [1.165, 1.54) is 17.3 Å². The largest absolute Gasteiger partial charge is 0.338 e. The molecule has 1 saturated heterocycles. The molecule has 0 bridgehead atoms. The molecular weight excluding hydrogens is 434 g/mol.